The van der Waals surface area contributed by atoms with Gasteiger partial charge in [-0.2, -0.15) is 0 Å². The van der Waals surface area contributed by atoms with E-state index in [9.17, 15) is 4.39 Å². The molecular weight excluding hydrogens is 249 g/mol. The van der Waals surface area contributed by atoms with Gasteiger partial charge in [-0.25, -0.2) is 4.39 Å². The van der Waals surface area contributed by atoms with Crippen LogP contribution in [0.1, 0.15) is 16.7 Å². The Morgan fingerprint density at radius 2 is 1.56 bits per heavy atom. The summed E-state index contributed by atoms with van der Waals surface area (Å²) in [6.07, 6.45) is 0. The van der Waals surface area contributed by atoms with Crippen molar-refractivity contribution in [3.63, 3.8) is 0 Å². The van der Waals surface area contributed by atoms with Gasteiger partial charge in [0, 0.05) is 16.3 Å². The van der Waals surface area contributed by atoms with E-state index in [-0.39, 0.29) is 5.82 Å². The van der Waals surface area contributed by atoms with Gasteiger partial charge in [0.1, 0.15) is 5.82 Å². The third-order valence-corrected chi connectivity index (χ3v) is 3.56. The number of anilines is 1. The highest BCUT2D eigenvalue weighted by Crippen LogP contribution is 2.32. The second kappa shape index (κ2) is 4.62. The normalized spacial score (nSPS) is 10.7. The topological polar surface area (TPSA) is 26.0 Å². The number of rotatable bonds is 1. The Morgan fingerprint density at radius 3 is 2.22 bits per heavy atom. The van der Waals surface area contributed by atoms with Gasteiger partial charge < -0.3 is 5.73 Å². The molecule has 0 amide bonds. The van der Waals surface area contributed by atoms with Crippen molar-refractivity contribution in [2.45, 2.75) is 20.8 Å². The van der Waals surface area contributed by atoms with Gasteiger partial charge in [0.05, 0.1) is 0 Å². The van der Waals surface area contributed by atoms with Gasteiger partial charge >= 0.3 is 0 Å². The van der Waals surface area contributed by atoms with Crippen LogP contribution in [0.3, 0.4) is 0 Å². The smallest absolute Gasteiger partial charge is 0.131 e. The lowest BCUT2D eigenvalue weighted by molar-refractivity contribution is 0.630. The lowest BCUT2D eigenvalue weighted by atomic mass is 9.96. The van der Waals surface area contributed by atoms with E-state index in [0.29, 0.717) is 16.3 Å². The lowest BCUT2D eigenvalue weighted by Gasteiger charge is -2.12. The molecule has 0 atom stereocenters. The van der Waals surface area contributed by atoms with Crippen molar-refractivity contribution in [1.29, 1.82) is 0 Å². The molecule has 2 rings (SSSR count). The number of benzene rings is 2. The molecule has 0 radical (unpaired) electrons. The molecule has 0 spiro atoms. The predicted octanol–water partition coefficient (Wildman–Crippen LogP) is 4.65. The molecule has 18 heavy (non-hydrogen) atoms. The first-order chi connectivity index (χ1) is 8.40. The van der Waals surface area contributed by atoms with E-state index in [1.807, 2.05) is 26.0 Å². The Kier molecular flexibility index (Phi) is 3.31. The van der Waals surface area contributed by atoms with E-state index in [1.54, 1.807) is 13.0 Å². The van der Waals surface area contributed by atoms with Gasteiger partial charge in [-0.1, -0.05) is 11.6 Å². The summed E-state index contributed by atoms with van der Waals surface area (Å²) < 4.78 is 14.0. The molecule has 94 valence electrons. The average Bonchev–Trinajstić information content (AvgIpc) is 2.29. The molecule has 0 saturated heterocycles. The van der Waals surface area contributed by atoms with Crippen molar-refractivity contribution < 1.29 is 4.39 Å². The van der Waals surface area contributed by atoms with Crippen LogP contribution in [0, 0.1) is 26.6 Å². The summed E-state index contributed by atoms with van der Waals surface area (Å²) in [7, 11) is 0. The van der Waals surface area contributed by atoms with Crippen molar-refractivity contribution in [3.8, 4) is 11.1 Å². The summed E-state index contributed by atoms with van der Waals surface area (Å²) in [5.41, 5.74) is 10.4. The third-order valence-electron chi connectivity index (χ3n) is 3.15. The van der Waals surface area contributed by atoms with Gasteiger partial charge in [0.15, 0.2) is 0 Å². The molecule has 0 saturated carbocycles. The van der Waals surface area contributed by atoms with Gasteiger partial charge in [-0.05, 0) is 67.3 Å². The molecule has 0 aliphatic rings. The molecule has 2 N–H and O–H groups in total. The highest BCUT2D eigenvalue weighted by atomic mass is 35.5. The van der Waals surface area contributed by atoms with E-state index < -0.39 is 0 Å². The molecule has 0 heterocycles. The van der Waals surface area contributed by atoms with Crippen LogP contribution >= 0.6 is 11.6 Å². The highest BCUT2D eigenvalue weighted by molar-refractivity contribution is 6.31. The quantitative estimate of drug-likeness (QED) is 0.745. The summed E-state index contributed by atoms with van der Waals surface area (Å²) in [4.78, 5) is 0. The predicted molar refractivity (Wildman–Crippen MR) is 75.5 cm³/mol. The van der Waals surface area contributed by atoms with Gasteiger partial charge in [0.2, 0.25) is 0 Å². The van der Waals surface area contributed by atoms with Crippen LogP contribution in [0.4, 0.5) is 10.1 Å². The fourth-order valence-electron chi connectivity index (χ4n) is 1.97. The number of hydrogen-bond acceptors (Lipinski definition) is 1. The maximum absolute atomic E-state index is 14.0. The molecule has 0 fully saturated rings. The van der Waals surface area contributed by atoms with Crippen LogP contribution in [0.2, 0.25) is 5.02 Å². The lowest BCUT2D eigenvalue weighted by Crippen LogP contribution is -1.95. The van der Waals surface area contributed by atoms with E-state index in [4.69, 9.17) is 17.3 Å². The Bertz CT molecular complexity index is 565. The molecule has 0 bridgehead atoms. The van der Waals surface area contributed by atoms with Gasteiger partial charge in [0.25, 0.3) is 0 Å². The van der Waals surface area contributed by atoms with Crippen molar-refractivity contribution in [2.24, 2.45) is 0 Å². The zero-order chi connectivity index (χ0) is 13.4. The number of hydrogen-bond donors (Lipinski definition) is 1. The first-order valence-electron chi connectivity index (χ1n) is 5.73. The fraction of sp³-hybridized carbons (Fsp3) is 0.200. The molecule has 0 aliphatic heterocycles. The maximum atomic E-state index is 14.0. The molecular formula is C15H15ClFN. The van der Waals surface area contributed by atoms with Crippen LogP contribution in [-0.4, -0.2) is 0 Å². The Hall–Kier alpha value is -1.54. The second-order valence-corrected chi connectivity index (χ2v) is 5.01. The van der Waals surface area contributed by atoms with Gasteiger partial charge in [-0.3, -0.25) is 0 Å². The Balaban J connectivity index is 2.69. The zero-order valence-corrected chi connectivity index (χ0v) is 11.4. The maximum Gasteiger partial charge on any atom is 0.131 e. The second-order valence-electron chi connectivity index (χ2n) is 4.60. The van der Waals surface area contributed by atoms with Crippen molar-refractivity contribution in [1.82, 2.24) is 0 Å². The van der Waals surface area contributed by atoms with E-state index in [0.717, 1.165) is 22.3 Å². The molecule has 0 aliphatic carbocycles. The van der Waals surface area contributed by atoms with Crippen LogP contribution in [0.15, 0.2) is 24.3 Å². The van der Waals surface area contributed by atoms with Crippen molar-refractivity contribution >= 4 is 17.3 Å². The molecule has 3 heteroatoms. The largest absolute Gasteiger partial charge is 0.398 e. The van der Waals surface area contributed by atoms with Crippen molar-refractivity contribution in [2.75, 3.05) is 5.73 Å². The minimum Gasteiger partial charge on any atom is -0.398 e. The van der Waals surface area contributed by atoms with Crippen LogP contribution in [0.25, 0.3) is 11.1 Å². The standard InChI is InChI=1S/C15H15ClFN/c1-8-5-13(16)9(2)4-11(8)12-7-15(18)10(3)6-14(12)17/h4-7H,18H2,1-3H3. The molecule has 2 aromatic carbocycles. The Labute approximate surface area is 111 Å². The molecule has 0 unspecified atom stereocenters. The molecule has 0 aromatic heterocycles. The average molecular weight is 264 g/mol. The number of nitrogens with two attached hydrogens (primary N) is 1. The minimum absolute atomic E-state index is 0.258. The summed E-state index contributed by atoms with van der Waals surface area (Å²) >= 11 is 6.05. The van der Waals surface area contributed by atoms with E-state index in [2.05, 4.69) is 0 Å². The minimum atomic E-state index is -0.258. The Morgan fingerprint density at radius 1 is 0.889 bits per heavy atom. The summed E-state index contributed by atoms with van der Waals surface area (Å²) in [5.74, 6) is -0.258. The van der Waals surface area contributed by atoms with Gasteiger partial charge in [-0.15, -0.1) is 0 Å². The SMILES string of the molecule is Cc1cc(F)c(-c2cc(C)c(Cl)cc2C)cc1N. The first-order valence-corrected chi connectivity index (χ1v) is 6.10. The number of nitrogen functional groups attached to an aromatic ring is 1. The van der Waals surface area contributed by atoms with Crippen LogP contribution in [-0.2, 0) is 0 Å². The van der Waals surface area contributed by atoms with Crippen LogP contribution in [0.5, 0.6) is 0 Å². The molecule has 2 aromatic rings. The fourth-order valence-corrected chi connectivity index (χ4v) is 2.19. The van der Waals surface area contributed by atoms with Crippen molar-refractivity contribution in [3.05, 3.63) is 51.8 Å². The first kappa shape index (κ1) is 12.9. The number of halogens is 2. The summed E-state index contributed by atoms with van der Waals surface area (Å²) in [5, 5.41) is 0.691. The summed E-state index contributed by atoms with van der Waals surface area (Å²) in [6.45, 7) is 5.61. The van der Waals surface area contributed by atoms with Crippen LogP contribution < -0.4 is 5.73 Å². The number of aryl methyl sites for hydroxylation is 3. The third kappa shape index (κ3) is 2.21. The highest BCUT2D eigenvalue weighted by Gasteiger charge is 2.11. The summed E-state index contributed by atoms with van der Waals surface area (Å²) in [6, 6.07) is 6.89. The van der Waals surface area contributed by atoms with E-state index in [1.165, 1.54) is 6.07 Å². The zero-order valence-electron chi connectivity index (χ0n) is 10.6. The van der Waals surface area contributed by atoms with E-state index >= 15 is 0 Å². The molecule has 1 nitrogen and oxygen atoms in total. The monoisotopic (exact) mass is 263 g/mol.